The van der Waals surface area contributed by atoms with Gasteiger partial charge in [0, 0.05) is 48.8 Å². The summed E-state index contributed by atoms with van der Waals surface area (Å²) < 4.78 is 12.5. The summed E-state index contributed by atoms with van der Waals surface area (Å²) in [4.78, 5) is 58.7. The summed E-state index contributed by atoms with van der Waals surface area (Å²) >= 11 is 0. The number of aliphatic hydroxyl groups is 1. The number of ether oxygens (including phenoxy) is 2. The van der Waals surface area contributed by atoms with Gasteiger partial charge in [-0.15, -0.1) is 0 Å². The normalized spacial score (nSPS) is 25.7. The first kappa shape index (κ1) is 36.8. The van der Waals surface area contributed by atoms with E-state index in [1.807, 2.05) is 55.5 Å². The maximum absolute atomic E-state index is 15.2. The summed E-state index contributed by atoms with van der Waals surface area (Å²) in [5.74, 6) is -0.0790. The zero-order valence-electron chi connectivity index (χ0n) is 30.8. The summed E-state index contributed by atoms with van der Waals surface area (Å²) in [5.41, 5.74) is 0.663. The first-order valence-corrected chi connectivity index (χ1v) is 21.7. The number of methoxy groups -OCH3 is 1. The van der Waals surface area contributed by atoms with E-state index in [0.717, 1.165) is 47.9 Å². The Morgan fingerprint density at radius 3 is 2.43 bits per heavy atom. The van der Waals surface area contributed by atoms with Crippen LogP contribution in [0.15, 0.2) is 66.7 Å². The first-order valence-electron chi connectivity index (χ1n) is 18.6. The molecule has 5 atom stereocenters. The number of amides is 3. The van der Waals surface area contributed by atoms with Crippen molar-refractivity contribution in [3.05, 3.63) is 88.0 Å². The molecule has 3 aromatic carbocycles. The largest absolute Gasteiger partial charge is 0.497 e. The average Bonchev–Trinajstić information content (AvgIpc) is 3.82. The molecule has 0 unspecified atom stereocenters. The summed E-state index contributed by atoms with van der Waals surface area (Å²) in [7, 11) is -0.965. The van der Waals surface area contributed by atoms with E-state index in [9.17, 15) is 24.8 Å². The predicted molar refractivity (Wildman–Crippen MR) is 203 cm³/mol. The van der Waals surface area contributed by atoms with Crippen LogP contribution < -0.4 is 19.7 Å². The number of hydrogen-bond donors (Lipinski definition) is 1. The van der Waals surface area contributed by atoms with Gasteiger partial charge < -0.3 is 29.3 Å². The lowest BCUT2D eigenvalue weighted by Gasteiger charge is -2.37. The number of likely N-dealkylation sites (tertiary alicyclic amines) is 1. The van der Waals surface area contributed by atoms with E-state index in [4.69, 9.17) is 9.47 Å². The van der Waals surface area contributed by atoms with Crippen LogP contribution in [0.2, 0.25) is 18.6 Å². The number of benzene rings is 3. The van der Waals surface area contributed by atoms with Gasteiger partial charge in [-0.2, -0.15) is 0 Å². The van der Waals surface area contributed by atoms with E-state index in [0.29, 0.717) is 30.8 Å². The van der Waals surface area contributed by atoms with E-state index in [2.05, 4.69) is 13.1 Å². The number of rotatable bonds is 10. The zero-order chi connectivity index (χ0) is 37.7. The molecule has 3 aromatic rings. The molecule has 0 aromatic heterocycles. The molecule has 0 aliphatic carbocycles. The molecule has 0 bridgehead atoms. The quantitative estimate of drug-likeness (QED) is 0.169. The Morgan fingerprint density at radius 1 is 1.04 bits per heavy atom. The van der Waals surface area contributed by atoms with E-state index >= 15 is 4.79 Å². The Hall–Kier alpha value is -4.59. The highest BCUT2D eigenvalue weighted by Crippen LogP contribution is 2.60. The second kappa shape index (κ2) is 14.3. The highest BCUT2D eigenvalue weighted by atomic mass is 28.3. The van der Waals surface area contributed by atoms with Crippen LogP contribution in [0.1, 0.15) is 56.6 Å². The molecule has 280 valence electrons. The number of carbonyl (C=O) groups is 3. The minimum absolute atomic E-state index is 0.0219. The van der Waals surface area contributed by atoms with Crippen LogP contribution in [-0.2, 0) is 31.3 Å². The number of nitrogens with zero attached hydrogens (tertiary/aromatic N) is 4. The molecule has 3 amide bonds. The van der Waals surface area contributed by atoms with Gasteiger partial charge in [-0.3, -0.25) is 24.5 Å². The molecule has 53 heavy (non-hydrogen) atoms. The number of aliphatic hydroxyl groups excluding tert-OH is 1. The van der Waals surface area contributed by atoms with Gasteiger partial charge in [-0.1, -0.05) is 49.5 Å². The minimum atomic E-state index is -2.58. The maximum atomic E-state index is 15.2. The van der Waals surface area contributed by atoms with Crippen LogP contribution in [-0.4, -0.2) is 79.7 Å². The third-order valence-electron chi connectivity index (χ3n) is 12.2. The van der Waals surface area contributed by atoms with Crippen molar-refractivity contribution in [2.45, 2.75) is 88.4 Å². The first-order chi connectivity index (χ1) is 25.4. The van der Waals surface area contributed by atoms with Crippen molar-refractivity contribution in [2.24, 2.45) is 5.92 Å². The molecule has 0 radical (unpaired) electrons. The number of hydrogen-bond acceptors (Lipinski definition) is 8. The SMILES string of the molecule is COc1ccc([Si](C)(C)[C@H]2[C@H](CC(=O)N3CCC[C@H]3CO)O[C@@]3(C(=O)N(Cc4ccc(N5CCCCC5=O)cc4)c4ccc([N+](=O)[O-])cc43)[C@@H]2C)cc1. The molecule has 7 rings (SSSR count). The van der Waals surface area contributed by atoms with Crippen LogP contribution >= 0.6 is 0 Å². The Kier molecular flexibility index (Phi) is 9.94. The third-order valence-corrected chi connectivity index (χ3v) is 16.6. The van der Waals surface area contributed by atoms with Gasteiger partial charge in [0.15, 0.2) is 5.60 Å². The van der Waals surface area contributed by atoms with Gasteiger partial charge in [-0.25, -0.2) is 0 Å². The second-order valence-electron chi connectivity index (χ2n) is 15.4. The average molecular weight is 741 g/mol. The monoisotopic (exact) mass is 740 g/mol. The Morgan fingerprint density at radius 2 is 1.77 bits per heavy atom. The standard InChI is InChI=1S/C40H48N4O8Si/c1-26-38(53(3,4)32-17-15-31(51-2)16-18-32)35(23-37(47)42-21-7-8-30(42)25-45)52-40(26)33-22-29(44(49)50)14-19-34(33)43(39(40)48)24-27-10-12-28(13-11-27)41-20-6-5-9-36(41)46/h10-19,22,26,30,35,38,45H,5-9,20-21,23-25H2,1-4H3/t26-,30+,35+,38-,40+/m1/s1. The predicted octanol–water partition coefficient (Wildman–Crippen LogP) is 5.26. The van der Waals surface area contributed by atoms with Gasteiger partial charge in [-0.05, 0) is 67.1 Å². The van der Waals surface area contributed by atoms with Crippen molar-refractivity contribution in [3.8, 4) is 5.75 Å². The Labute approximate surface area is 310 Å². The van der Waals surface area contributed by atoms with Crippen LogP contribution in [0.5, 0.6) is 5.75 Å². The Bertz CT molecular complexity index is 1900. The number of nitro groups is 1. The number of non-ortho nitro benzene ring substituents is 1. The second-order valence-corrected chi connectivity index (χ2v) is 20.1. The highest BCUT2D eigenvalue weighted by molar-refractivity contribution is 6.91. The molecular formula is C40H48N4O8Si. The van der Waals surface area contributed by atoms with Gasteiger partial charge in [0.2, 0.25) is 11.8 Å². The smallest absolute Gasteiger partial charge is 0.269 e. The van der Waals surface area contributed by atoms with Crippen LogP contribution in [0, 0.1) is 16.0 Å². The fourth-order valence-corrected chi connectivity index (χ4v) is 13.5. The van der Waals surface area contributed by atoms with Crippen molar-refractivity contribution >= 4 is 48.0 Å². The summed E-state index contributed by atoms with van der Waals surface area (Å²) in [5, 5.41) is 23.3. The molecule has 13 heteroatoms. The molecule has 4 aliphatic rings. The molecule has 1 N–H and O–H groups in total. The van der Waals surface area contributed by atoms with Crippen LogP contribution in [0.25, 0.3) is 0 Å². The van der Waals surface area contributed by atoms with Gasteiger partial charge in [0.05, 0.1) is 57.5 Å². The molecule has 12 nitrogen and oxygen atoms in total. The van der Waals surface area contributed by atoms with E-state index in [-0.39, 0.29) is 54.6 Å². The van der Waals surface area contributed by atoms with E-state index in [1.165, 1.54) is 12.1 Å². The fraction of sp³-hybridized carbons (Fsp3) is 0.475. The molecule has 1 spiro atoms. The van der Waals surface area contributed by atoms with Crippen molar-refractivity contribution < 1.29 is 33.9 Å². The molecule has 4 aliphatic heterocycles. The van der Waals surface area contributed by atoms with Gasteiger partial charge in [0.1, 0.15) is 5.75 Å². The number of fused-ring (bicyclic) bond motifs is 2. The highest BCUT2D eigenvalue weighted by Gasteiger charge is 2.67. The van der Waals surface area contributed by atoms with Crippen molar-refractivity contribution in [1.29, 1.82) is 0 Å². The van der Waals surface area contributed by atoms with Crippen molar-refractivity contribution in [1.82, 2.24) is 4.90 Å². The summed E-state index contributed by atoms with van der Waals surface area (Å²) in [6.45, 7) is 7.74. The van der Waals surface area contributed by atoms with E-state index in [1.54, 1.807) is 27.9 Å². The molecule has 3 fully saturated rings. The number of anilines is 2. The lowest BCUT2D eigenvalue weighted by molar-refractivity contribution is -0.385. The third kappa shape index (κ3) is 6.32. The van der Waals surface area contributed by atoms with Crippen LogP contribution in [0.4, 0.5) is 17.1 Å². The van der Waals surface area contributed by atoms with Crippen LogP contribution in [0.3, 0.4) is 0 Å². The van der Waals surface area contributed by atoms with Gasteiger partial charge >= 0.3 is 0 Å². The molecule has 4 heterocycles. The fourth-order valence-electron chi connectivity index (χ4n) is 9.46. The summed E-state index contributed by atoms with van der Waals surface area (Å²) in [6.07, 6.45) is 3.25. The van der Waals surface area contributed by atoms with Gasteiger partial charge in [0.25, 0.3) is 11.6 Å². The lowest BCUT2D eigenvalue weighted by atomic mass is 9.82. The number of nitro benzene ring substituents is 1. The maximum Gasteiger partial charge on any atom is 0.269 e. The molecule has 3 saturated heterocycles. The zero-order valence-corrected chi connectivity index (χ0v) is 31.8. The number of piperidine rings is 1. The van der Waals surface area contributed by atoms with E-state index < -0.39 is 30.6 Å². The summed E-state index contributed by atoms with van der Waals surface area (Å²) in [6, 6.07) is 19.8. The lowest BCUT2D eigenvalue weighted by Crippen LogP contribution is -2.52. The topological polar surface area (TPSA) is 143 Å². The Balaban J connectivity index is 1.29. The number of carbonyl (C=O) groups excluding carboxylic acids is 3. The van der Waals surface area contributed by atoms with Crippen molar-refractivity contribution in [3.63, 3.8) is 0 Å². The van der Waals surface area contributed by atoms with Crippen molar-refractivity contribution in [2.75, 3.05) is 36.6 Å². The molecular weight excluding hydrogens is 693 g/mol. The molecule has 0 saturated carbocycles. The minimum Gasteiger partial charge on any atom is -0.497 e.